The van der Waals surface area contributed by atoms with Gasteiger partial charge in [-0.2, -0.15) is 0 Å². The zero-order valence-electron chi connectivity index (χ0n) is 11.5. The van der Waals surface area contributed by atoms with Gasteiger partial charge in [0.15, 0.2) is 6.17 Å². The monoisotopic (exact) mass is 273 g/mol. The summed E-state index contributed by atoms with van der Waals surface area (Å²) in [5, 5.41) is 13.1. The summed E-state index contributed by atoms with van der Waals surface area (Å²) >= 11 is 0. The number of halogens is 1. The SMILES string of the molecule is C[C@H](NC[C@H](O)[C@H](F)c1ccccc1)c1ccccc1. The molecule has 20 heavy (non-hydrogen) atoms. The van der Waals surface area contributed by atoms with Crippen molar-refractivity contribution < 1.29 is 9.50 Å². The molecule has 0 radical (unpaired) electrons. The third kappa shape index (κ3) is 3.89. The van der Waals surface area contributed by atoms with Crippen molar-refractivity contribution in [2.45, 2.75) is 25.2 Å². The van der Waals surface area contributed by atoms with Gasteiger partial charge in [-0.1, -0.05) is 60.7 Å². The number of aliphatic hydroxyl groups is 1. The summed E-state index contributed by atoms with van der Waals surface area (Å²) in [6.45, 7) is 2.21. The minimum atomic E-state index is -1.37. The van der Waals surface area contributed by atoms with Crippen molar-refractivity contribution >= 4 is 0 Å². The first-order chi connectivity index (χ1) is 9.68. The molecule has 3 atom stereocenters. The number of rotatable bonds is 6. The molecule has 0 aliphatic heterocycles. The van der Waals surface area contributed by atoms with Crippen LogP contribution in [0.15, 0.2) is 60.7 Å². The Morgan fingerprint density at radius 2 is 1.45 bits per heavy atom. The summed E-state index contributed by atoms with van der Waals surface area (Å²) in [5.74, 6) is 0. The van der Waals surface area contributed by atoms with Crippen LogP contribution in [0.4, 0.5) is 4.39 Å². The van der Waals surface area contributed by atoms with Crippen molar-refractivity contribution in [2.75, 3.05) is 6.54 Å². The topological polar surface area (TPSA) is 32.3 Å². The summed E-state index contributed by atoms with van der Waals surface area (Å²) in [6, 6.07) is 18.7. The molecule has 2 aromatic rings. The maximum Gasteiger partial charge on any atom is 0.152 e. The van der Waals surface area contributed by atoms with Crippen LogP contribution in [-0.4, -0.2) is 17.8 Å². The Morgan fingerprint density at radius 3 is 2.00 bits per heavy atom. The second kappa shape index (κ2) is 7.17. The highest BCUT2D eigenvalue weighted by atomic mass is 19.1. The van der Waals surface area contributed by atoms with Gasteiger partial charge in [0, 0.05) is 12.6 Å². The number of hydrogen-bond donors (Lipinski definition) is 2. The molecule has 2 N–H and O–H groups in total. The van der Waals surface area contributed by atoms with Gasteiger partial charge in [-0.3, -0.25) is 0 Å². The lowest BCUT2D eigenvalue weighted by atomic mass is 10.0. The van der Waals surface area contributed by atoms with Gasteiger partial charge < -0.3 is 10.4 Å². The summed E-state index contributed by atoms with van der Waals surface area (Å²) < 4.78 is 14.1. The second-order valence-corrected chi connectivity index (χ2v) is 4.92. The van der Waals surface area contributed by atoms with Gasteiger partial charge in [0.05, 0.1) is 0 Å². The Kier molecular flexibility index (Phi) is 5.27. The van der Waals surface area contributed by atoms with Crippen LogP contribution in [0.5, 0.6) is 0 Å². The van der Waals surface area contributed by atoms with E-state index in [2.05, 4.69) is 5.32 Å². The molecule has 0 saturated heterocycles. The number of hydrogen-bond acceptors (Lipinski definition) is 2. The first kappa shape index (κ1) is 14.7. The second-order valence-electron chi connectivity index (χ2n) is 4.92. The van der Waals surface area contributed by atoms with E-state index in [4.69, 9.17) is 0 Å². The highest BCUT2D eigenvalue weighted by molar-refractivity contribution is 5.19. The number of alkyl halides is 1. The van der Waals surface area contributed by atoms with E-state index in [0.29, 0.717) is 5.56 Å². The minimum Gasteiger partial charge on any atom is -0.388 e. The molecule has 2 rings (SSSR count). The van der Waals surface area contributed by atoms with Gasteiger partial charge in [-0.05, 0) is 18.1 Å². The van der Waals surface area contributed by atoms with E-state index >= 15 is 0 Å². The lowest BCUT2D eigenvalue weighted by molar-refractivity contribution is 0.0750. The Bertz CT molecular complexity index is 503. The molecule has 0 saturated carbocycles. The van der Waals surface area contributed by atoms with Gasteiger partial charge in [0.2, 0.25) is 0 Å². The molecule has 3 heteroatoms. The van der Waals surface area contributed by atoms with Gasteiger partial charge in [0.25, 0.3) is 0 Å². The lowest BCUT2D eigenvalue weighted by Gasteiger charge is -2.20. The van der Waals surface area contributed by atoms with Crippen LogP contribution in [0, 0.1) is 0 Å². The largest absolute Gasteiger partial charge is 0.388 e. The van der Waals surface area contributed by atoms with Crippen molar-refractivity contribution in [2.24, 2.45) is 0 Å². The first-order valence-corrected chi connectivity index (χ1v) is 6.84. The molecule has 0 aromatic heterocycles. The molecule has 0 bridgehead atoms. The van der Waals surface area contributed by atoms with Crippen LogP contribution >= 0.6 is 0 Å². The quantitative estimate of drug-likeness (QED) is 0.845. The fraction of sp³-hybridized carbons (Fsp3) is 0.294. The van der Waals surface area contributed by atoms with Crippen LogP contribution < -0.4 is 5.32 Å². The predicted molar refractivity (Wildman–Crippen MR) is 79.2 cm³/mol. The number of nitrogens with one attached hydrogen (secondary N) is 1. The Hall–Kier alpha value is -1.71. The highest BCUT2D eigenvalue weighted by Crippen LogP contribution is 2.21. The molecule has 0 amide bonds. The fourth-order valence-electron chi connectivity index (χ4n) is 2.12. The third-order valence-electron chi connectivity index (χ3n) is 3.39. The zero-order valence-corrected chi connectivity index (χ0v) is 11.5. The van der Waals surface area contributed by atoms with Crippen LogP contribution in [0.25, 0.3) is 0 Å². The lowest BCUT2D eigenvalue weighted by Crippen LogP contribution is -2.32. The average Bonchev–Trinajstić information content (AvgIpc) is 2.53. The standard InChI is InChI=1S/C17H20FNO/c1-13(14-8-4-2-5-9-14)19-12-16(20)17(18)15-10-6-3-7-11-15/h2-11,13,16-17,19-20H,12H2,1H3/t13-,16-,17+/m0/s1. The molecular weight excluding hydrogens is 253 g/mol. The van der Waals surface area contributed by atoms with Crippen LogP contribution in [-0.2, 0) is 0 Å². The van der Waals surface area contributed by atoms with E-state index in [1.807, 2.05) is 43.3 Å². The molecule has 0 fully saturated rings. The van der Waals surface area contributed by atoms with Gasteiger partial charge >= 0.3 is 0 Å². The molecule has 0 spiro atoms. The smallest absolute Gasteiger partial charge is 0.152 e. The normalized spacial score (nSPS) is 15.6. The Labute approximate surface area is 119 Å². The molecule has 0 heterocycles. The van der Waals surface area contributed by atoms with E-state index in [-0.39, 0.29) is 12.6 Å². The molecule has 2 nitrogen and oxygen atoms in total. The van der Waals surface area contributed by atoms with Crippen molar-refractivity contribution in [3.8, 4) is 0 Å². The number of aliphatic hydroxyl groups excluding tert-OH is 1. The van der Waals surface area contributed by atoms with E-state index in [0.717, 1.165) is 5.56 Å². The van der Waals surface area contributed by atoms with Crippen molar-refractivity contribution in [1.29, 1.82) is 0 Å². The maximum atomic E-state index is 14.1. The molecular formula is C17H20FNO. The Morgan fingerprint density at radius 1 is 0.950 bits per heavy atom. The van der Waals surface area contributed by atoms with Crippen molar-refractivity contribution in [3.63, 3.8) is 0 Å². The van der Waals surface area contributed by atoms with Crippen molar-refractivity contribution in [1.82, 2.24) is 5.32 Å². The average molecular weight is 273 g/mol. The van der Waals surface area contributed by atoms with Gasteiger partial charge in [-0.25, -0.2) is 4.39 Å². The fourth-order valence-corrected chi connectivity index (χ4v) is 2.12. The predicted octanol–water partition coefficient (Wildman–Crippen LogP) is 3.41. The van der Waals surface area contributed by atoms with E-state index < -0.39 is 12.3 Å². The van der Waals surface area contributed by atoms with Crippen LogP contribution in [0.2, 0.25) is 0 Å². The van der Waals surface area contributed by atoms with E-state index in [1.165, 1.54) is 0 Å². The van der Waals surface area contributed by atoms with Crippen LogP contribution in [0.3, 0.4) is 0 Å². The van der Waals surface area contributed by atoms with Gasteiger partial charge in [0.1, 0.15) is 6.10 Å². The maximum absolute atomic E-state index is 14.1. The molecule has 0 unspecified atom stereocenters. The highest BCUT2D eigenvalue weighted by Gasteiger charge is 2.20. The molecule has 0 aliphatic rings. The molecule has 0 aliphatic carbocycles. The summed E-state index contributed by atoms with van der Waals surface area (Å²) in [4.78, 5) is 0. The van der Waals surface area contributed by atoms with Gasteiger partial charge in [-0.15, -0.1) is 0 Å². The van der Waals surface area contributed by atoms with Crippen LogP contribution in [0.1, 0.15) is 30.3 Å². The Balaban J connectivity index is 1.87. The molecule has 2 aromatic carbocycles. The zero-order chi connectivity index (χ0) is 14.4. The summed E-state index contributed by atoms with van der Waals surface area (Å²) in [5.41, 5.74) is 1.63. The third-order valence-corrected chi connectivity index (χ3v) is 3.39. The minimum absolute atomic E-state index is 0.0776. The molecule has 106 valence electrons. The first-order valence-electron chi connectivity index (χ1n) is 6.84. The van der Waals surface area contributed by atoms with E-state index in [9.17, 15) is 9.50 Å². The summed E-state index contributed by atoms with van der Waals surface area (Å²) in [6.07, 6.45) is -2.42. The number of benzene rings is 2. The van der Waals surface area contributed by atoms with E-state index in [1.54, 1.807) is 24.3 Å². The van der Waals surface area contributed by atoms with Crippen molar-refractivity contribution in [3.05, 3.63) is 71.8 Å². The summed E-state index contributed by atoms with van der Waals surface area (Å²) in [7, 11) is 0.